The van der Waals surface area contributed by atoms with Crippen LogP contribution in [0.3, 0.4) is 0 Å². The maximum atomic E-state index is 12.9. The SMILES string of the molecule is CC(C)[C@@H](NC(=O)[C@H](NC(=O)[C@H]1CCCN1C(=O)[C@H](N)CCC(N)=O)C(C)C)C(=O)O. The number of amides is 4. The number of carboxylic acid groups (broad SMARTS) is 1. The molecule has 1 heterocycles. The third-order valence-corrected chi connectivity index (χ3v) is 5.33. The van der Waals surface area contributed by atoms with Gasteiger partial charge in [0.1, 0.15) is 18.1 Å². The Bertz CT molecular complexity index is 696. The fraction of sp³-hybridized carbons (Fsp3) is 0.750. The molecule has 4 amide bonds. The van der Waals surface area contributed by atoms with Crippen LogP contribution in [0.5, 0.6) is 0 Å². The minimum atomic E-state index is -1.16. The highest BCUT2D eigenvalue weighted by Gasteiger charge is 2.38. The number of aliphatic carboxylic acids is 1. The van der Waals surface area contributed by atoms with E-state index in [4.69, 9.17) is 11.5 Å². The van der Waals surface area contributed by atoms with Gasteiger partial charge < -0.3 is 32.1 Å². The first-order chi connectivity index (χ1) is 14.4. The Morgan fingerprint density at radius 1 is 1.03 bits per heavy atom. The van der Waals surface area contributed by atoms with Crippen molar-refractivity contribution in [3.8, 4) is 0 Å². The Balaban J connectivity index is 2.86. The first kappa shape index (κ1) is 26.3. The van der Waals surface area contributed by atoms with Crippen molar-refractivity contribution in [1.29, 1.82) is 0 Å². The number of carbonyl (C=O) groups is 5. The molecule has 1 aliphatic heterocycles. The number of carbonyl (C=O) groups excluding carboxylic acids is 4. The van der Waals surface area contributed by atoms with Crippen molar-refractivity contribution in [3.63, 3.8) is 0 Å². The maximum Gasteiger partial charge on any atom is 0.326 e. The molecule has 0 unspecified atom stereocenters. The monoisotopic (exact) mass is 441 g/mol. The molecule has 11 nitrogen and oxygen atoms in total. The van der Waals surface area contributed by atoms with E-state index < -0.39 is 53.8 Å². The van der Waals surface area contributed by atoms with Gasteiger partial charge in [0.2, 0.25) is 23.6 Å². The van der Waals surface area contributed by atoms with Gasteiger partial charge in [0.05, 0.1) is 6.04 Å². The van der Waals surface area contributed by atoms with Crippen molar-refractivity contribution >= 4 is 29.6 Å². The number of carboxylic acids is 1. The third-order valence-electron chi connectivity index (χ3n) is 5.33. The Kier molecular flexibility index (Phi) is 9.89. The average molecular weight is 442 g/mol. The van der Waals surface area contributed by atoms with E-state index in [1.165, 1.54) is 4.90 Å². The van der Waals surface area contributed by atoms with Crippen LogP contribution in [-0.4, -0.2) is 70.3 Å². The average Bonchev–Trinajstić information content (AvgIpc) is 3.16. The zero-order chi connectivity index (χ0) is 23.9. The molecule has 7 N–H and O–H groups in total. The molecule has 0 aromatic heterocycles. The van der Waals surface area contributed by atoms with Gasteiger partial charge in [-0.1, -0.05) is 27.7 Å². The van der Waals surface area contributed by atoms with Crippen molar-refractivity contribution < 1.29 is 29.1 Å². The highest BCUT2D eigenvalue weighted by atomic mass is 16.4. The van der Waals surface area contributed by atoms with E-state index in [-0.39, 0.29) is 24.7 Å². The highest BCUT2D eigenvalue weighted by molar-refractivity contribution is 5.94. The topological polar surface area (TPSA) is 185 Å². The van der Waals surface area contributed by atoms with Crippen LogP contribution in [0.25, 0.3) is 0 Å². The smallest absolute Gasteiger partial charge is 0.326 e. The van der Waals surface area contributed by atoms with Crippen molar-refractivity contribution in [3.05, 3.63) is 0 Å². The largest absolute Gasteiger partial charge is 0.480 e. The molecule has 0 bridgehead atoms. The number of hydrogen-bond donors (Lipinski definition) is 5. The fourth-order valence-corrected chi connectivity index (χ4v) is 3.48. The first-order valence-corrected chi connectivity index (χ1v) is 10.5. The van der Waals surface area contributed by atoms with Crippen LogP contribution in [0.2, 0.25) is 0 Å². The van der Waals surface area contributed by atoms with Gasteiger partial charge in [0, 0.05) is 13.0 Å². The third kappa shape index (κ3) is 7.50. The second kappa shape index (κ2) is 11.6. The summed E-state index contributed by atoms with van der Waals surface area (Å²) in [5.41, 5.74) is 11.0. The lowest BCUT2D eigenvalue weighted by Gasteiger charge is -2.30. The Morgan fingerprint density at radius 2 is 1.61 bits per heavy atom. The summed E-state index contributed by atoms with van der Waals surface area (Å²) in [5, 5.41) is 14.4. The van der Waals surface area contributed by atoms with Crippen LogP contribution in [-0.2, 0) is 24.0 Å². The van der Waals surface area contributed by atoms with E-state index in [1.54, 1.807) is 27.7 Å². The summed E-state index contributed by atoms with van der Waals surface area (Å²) < 4.78 is 0. The molecule has 0 radical (unpaired) electrons. The fourth-order valence-electron chi connectivity index (χ4n) is 3.48. The lowest BCUT2D eigenvalue weighted by molar-refractivity contribution is -0.144. The van der Waals surface area contributed by atoms with Gasteiger partial charge in [-0.15, -0.1) is 0 Å². The zero-order valence-electron chi connectivity index (χ0n) is 18.6. The quantitative estimate of drug-likeness (QED) is 0.270. The number of nitrogens with two attached hydrogens (primary N) is 2. The number of nitrogens with zero attached hydrogens (tertiary/aromatic N) is 1. The minimum absolute atomic E-state index is 0.0339. The van der Waals surface area contributed by atoms with Gasteiger partial charge in [-0.3, -0.25) is 19.2 Å². The Hall–Kier alpha value is -2.69. The zero-order valence-corrected chi connectivity index (χ0v) is 18.6. The summed E-state index contributed by atoms with van der Waals surface area (Å²) in [6.07, 6.45) is 1.06. The molecule has 1 fully saturated rings. The van der Waals surface area contributed by atoms with Gasteiger partial charge in [0.25, 0.3) is 0 Å². The number of rotatable bonds is 11. The van der Waals surface area contributed by atoms with Gasteiger partial charge >= 0.3 is 5.97 Å². The summed E-state index contributed by atoms with van der Waals surface area (Å²) in [7, 11) is 0. The number of hydrogen-bond acceptors (Lipinski definition) is 6. The van der Waals surface area contributed by atoms with Crippen molar-refractivity contribution in [2.75, 3.05) is 6.54 Å². The van der Waals surface area contributed by atoms with E-state index >= 15 is 0 Å². The predicted octanol–water partition coefficient (Wildman–Crippen LogP) is -1.06. The molecule has 0 aliphatic carbocycles. The van der Waals surface area contributed by atoms with Crippen LogP contribution in [0.15, 0.2) is 0 Å². The second-order valence-electron chi connectivity index (χ2n) is 8.60. The van der Waals surface area contributed by atoms with E-state index in [0.717, 1.165) is 0 Å². The molecule has 176 valence electrons. The van der Waals surface area contributed by atoms with E-state index in [0.29, 0.717) is 19.4 Å². The molecule has 11 heteroatoms. The maximum absolute atomic E-state index is 12.9. The van der Waals surface area contributed by atoms with Gasteiger partial charge in [-0.25, -0.2) is 4.79 Å². The van der Waals surface area contributed by atoms with Crippen LogP contribution in [0.1, 0.15) is 53.4 Å². The van der Waals surface area contributed by atoms with Gasteiger partial charge in [-0.05, 0) is 31.1 Å². The molecule has 0 aromatic rings. The summed E-state index contributed by atoms with van der Waals surface area (Å²) in [6.45, 7) is 7.14. The summed E-state index contributed by atoms with van der Waals surface area (Å²) in [4.78, 5) is 61.9. The molecule has 0 spiro atoms. The predicted molar refractivity (Wildman–Crippen MR) is 112 cm³/mol. The second-order valence-corrected chi connectivity index (χ2v) is 8.60. The summed E-state index contributed by atoms with van der Waals surface area (Å²) in [5.74, 6) is -3.92. The van der Waals surface area contributed by atoms with Gasteiger partial charge in [-0.2, -0.15) is 0 Å². The Morgan fingerprint density at radius 3 is 2.10 bits per heavy atom. The molecular weight excluding hydrogens is 406 g/mol. The summed E-state index contributed by atoms with van der Waals surface area (Å²) in [6, 6.07) is -3.79. The molecule has 1 saturated heterocycles. The normalized spacial score (nSPS) is 19.1. The van der Waals surface area contributed by atoms with Crippen molar-refractivity contribution in [1.82, 2.24) is 15.5 Å². The number of likely N-dealkylation sites (tertiary alicyclic amines) is 1. The molecule has 1 aliphatic rings. The first-order valence-electron chi connectivity index (χ1n) is 10.5. The molecule has 4 atom stereocenters. The van der Waals surface area contributed by atoms with Crippen LogP contribution in [0, 0.1) is 11.8 Å². The molecule has 0 aromatic carbocycles. The standard InChI is InChI=1S/C20H35N5O6/c1-10(2)15(18(28)24-16(11(3)4)20(30)31)23-17(27)13-6-5-9-25(13)19(29)12(21)7-8-14(22)26/h10-13,15-16H,5-9,21H2,1-4H3,(H2,22,26)(H,23,27)(H,24,28)(H,30,31)/t12-,13-,15-,16-/m1/s1. The van der Waals surface area contributed by atoms with E-state index in [2.05, 4.69) is 10.6 Å². The summed E-state index contributed by atoms with van der Waals surface area (Å²) >= 11 is 0. The van der Waals surface area contributed by atoms with E-state index in [9.17, 15) is 29.1 Å². The number of primary amides is 1. The molecule has 0 saturated carbocycles. The van der Waals surface area contributed by atoms with Crippen LogP contribution in [0.4, 0.5) is 0 Å². The molecule has 31 heavy (non-hydrogen) atoms. The van der Waals surface area contributed by atoms with E-state index in [1.807, 2.05) is 0 Å². The lowest BCUT2D eigenvalue weighted by atomic mass is 9.99. The molecule has 1 rings (SSSR count). The number of nitrogens with one attached hydrogen (secondary N) is 2. The van der Waals surface area contributed by atoms with Crippen LogP contribution < -0.4 is 22.1 Å². The highest BCUT2D eigenvalue weighted by Crippen LogP contribution is 2.20. The van der Waals surface area contributed by atoms with Crippen molar-refractivity contribution in [2.45, 2.75) is 77.5 Å². The van der Waals surface area contributed by atoms with Crippen LogP contribution >= 0.6 is 0 Å². The molecular formula is C20H35N5O6. The minimum Gasteiger partial charge on any atom is -0.480 e. The Labute approximate surface area is 182 Å². The van der Waals surface area contributed by atoms with Gasteiger partial charge in [0.15, 0.2) is 0 Å². The van der Waals surface area contributed by atoms with Crippen molar-refractivity contribution in [2.24, 2.45) is 23.3 Å². The lowest BCUT2D eigenvalue weighted by Crippen LogP contribution is -2.58.